The lowest BCUT2D eigenvalue weighted by Crippen LogP contribution is -2.34. The molecule has 8 rings (SSSR count). The number of carbonyl (C=O) groups is 1. The van der Waals surface area contributed by atoms with Crippen molar-refractivity contribution in [3.8, 4) is 51.7 Å². The van der Waals surface area contributed by atoms with E-state index in [1.807, 2.05) is 6.08 Å². The van der Waals surface area contributed by atoms with Gasteiger partial charge < -0.3 is 70.8 Å². The number of aromatic hydroxyl groups is 8. The maximum Gasteiger partial charge on any atom is 0.338 e. The first kappa shape index (κ1) is 95.3. The predicted octanol–water partition coefficient (Wildman–Crippen LogP) is 23.2. The Morgan fingerprint density at radius 2 is 0.744 bits per heavy atom. The van der Waals surface area contributed by atoms with E-state index in [1.165, 1.54) is 89.7 Å². The number of ether oxygens (including phenoxy) is 2. The molecule has 7 atom stereocenters. The number of benzene rings is 3. The average Bonchev–Trinajstić information content (AvgIpc) is 0.786. The molecule has 3 aromatic carbocycles. The third kappa shape index (κ3) is 29.5. The second kappa shape index (κ2) is 43.1. The molecule has 628 valence electrons. The fourth-order valence-electron chi connectivity index (χ4n) is 15.8. The zero-order valence-electron chi connectivity index (χ0n) is 72.5. The van der Waals surface area contributed by atoms with Crippen LogP contribution in [-0.4, -0.2) is 97.8 Å². The van der Waals surface area contributed by atoms with E-state index in [9.17, 15) is 66.1 Å². The number of hydrogen-bond donors (Lipinski definition) is 12. The van der Waals surface area contributed by atoms with Crippen molar-refractivity contribution in [1.82, 2.24) is 0 Å². The van der Waals surface area contributed by atoms with Crippen molar-refractivity contribution in [2.75, 3.05) is 0 Å². The number of carbonyl (C=O) groups excluding carboxylic acids is 1. The van der Waals surface area contributed by atoms with Gasteiger partial charge in [0.25, 0.3) is 0 Å². The normalized spacial score (nSPS) is 23.4. The summed E-state index contributed by atoms with van der Waals surface area (Å²) in [5.74, 6) is -5.71. The largest absolute Gasteiger partial charge is 0.508 e. The minimum Gasteiger partial charge on any atom is -0.508 e. The van der Waals surface area contributed by atoms with E-state index in [0.717, 1.165) is 75.3 Å². The van der Waals surface area contributed by atoms with E-state index in [-0.39, 0.29) is 86.4 Å². The molecule has 0 aromatic heterocycles. The second-order valence-corrected chi connectivity index (χ2v) is 34.8. The molecule has 0 amide bonds. The third-order valence-corrected chi connectivity index (χ3v) is 21.7. The van der Waals surface area contributed by atoms with Crippen LogP contribution in [0.2, 0.25) is 0 Å². The van der Waals surface area contributed by atoms with Gasteiger partial charge in [-0.15, -0.1) is 0 Å². The Bertz CT molecular complexity index is 4640. The summed E-state index contributed by atoms with van der Waals surface area (Å²) in [5.41, 5.74) is 18.8. The van der Waals surface area contributed by atoms with E-state index in [2.05, 4.69) is 309 Å². The molecule has 0 saturated carbocycles. The molecule has 0 saturated heterocycles. The van der Waals surface area contributed by atoms with Crippen molar-refractivity contribution in [2.45, 2.75) is 226 Å². The number of hydrogen-bond acceptors (Lipinski definition) is 15. The summed E-state index contributed by atoms with van der Waals surface area (Å²) in [6.45, 7) is 43.2. The van der Waals surface area contributed by atoms with Crippen LogP contribution in [0.15, 0.2) is 296 Å². The van der Waals surface area contributed by atoms with Crippen LogP contribution in [0.4, 0.5) is 0 Å². The van der Waals surface area contributed by atoms with Gasteiger partial charge in [0, 0.05) is 35.6 Å². The summed E-state index contributed by atoms with van der Waals surface area (Å²) in [4.78, 5) is 12.7. The van der Waals surface area contributed by atoms with Crippen LogP contribution in [-0.2, 0) is 11.2 Å². The molecule has 4 aliphatic carbocycles. The lowest BCUT2D eigenvalue weighted by Gasteiger charge is -2.38. The molecule has 3 aromatic rings. The summed E-state index contributed by atoms with van der Waals surface area (Å²) >= 11 is 0. The Morgan fingerprint density at radius 3 is 1.09 bits per heavy atom. The van der Waals surface area contributed by atoms with E-state index >= 15 is 0 Å². The first-order chi connectivity index (χ1) is 54.7. The van der Waals surface area contributed by atoms with E-state index in [0.29, 0.717) is 5.92 Å². The minimum absolute atomic E-state index is 0.00528. The highest BCUT2D eigenvalue weighted by molar-refractivity contribution is 5.91. The van der Waals surface area contributed by atoms with Crippen molar-refractivity contribution < 1.29 is 75.5 Å². The molecule has 12 N–H and O–H groups in total. The average molecular weight is 1600 g/mol. The lowest BCUT2D eigenvalue weighted by molar-refractivity contribution is -0.0189. The molecule has 15 heteroatoms. The summed E-state index contributed by atoms with van der Waals surface area (Å²) in [6, 6.07) is 6.18. The van der Waals surface area contributed by atoms with Gasteiger partial charge >= 0.3 is 5.97 Å². The molecule has 15 nitrogen and oxygen atoms in total. The van der Waals surface area contributed by atoms with Gasteiger partial charge in [-0.1, -0.05) is 298 Å². The second-order valence-electron chi connectivity index (χ2n) is 34.8. The minimum atomic E-state index is -1.18. The summed E-state index contributed by atoms with van der Waals surface area (Å²) in [6.07, 6.45) is 63.9. The molecule has 1 aliphatic heterocycles. The Labute approximate surface area is 696 Å². The highest BCUT2D eigenvalue weighted by Crippen LogP contribution is 2.49. The van der Waals surface area contributed by atoms with Gasteiger partial charge in [0.15, 0.2) is 40.6 Å². The molecule has 0 spiro atoms. The number of allylic oxidation sites excluding steroid dienone is 40. The summed E-state index contributed by atoms with van der Waals surface area (Å²) in [7, 11) is 0. The van der Waals surface area contributed by atoms with Gasteiger partial charge in [-0.05, 0) is 191 Å². The van der Waals surface area contributed by atoms with Crippen molar-refractivity contribution in [3.05, 3.63) is 313 Å². The Kier molecular flexibility index (Phi) is 35.1. The maximum absolute atomic E-state index is 12.7. The van der Waals surface area contributed by atoms with Gasteiger partial charge in [-0.2, -0.15) is 0 Å². The SMILES string of the molecule is CC1=C(/C=C/C(C)=C/C=C/C(C)=C/C=C/C=C(C)/C=C/C=C(C)/C=C/C2=C(C)C[C@@H](O)CC2(C)C)C(C)(C)C[C@H](O)C1.CC1=C[C@H](O)CC(C)(C)[C@H]1/C=C/C(C)=C/C=C/C(C)=C/C=C/C=C(C)/C=C/C=C(C)/C=C/C1=C(C)C[C@@H](O)CC1(C)C.O=C(O[C@@H]1Cc2c(O)cc(O)cc2O[C@@H]1c1cc(O)c(O)c(O)c1)c1cc(O)c(O)c(O)c1. The fourth-order valence-corrected chi connectivity index (χ4v) is 15.8. The van der Waals surface area contributed by atoms with Crippen LogP contribution in [0.3, 0.4) is 0 Å². The Balaban J connectivity index is 0.000000275. The number of rotatable bonds is 23. The number of fused-ring (bicyclic) bond motifs is 1. The highest BCUT2D eigenvalue weighted by Gasteiger charge is 2.39. The summed E-state index contributed by atoms with van der Waals surface area (Å²) in [5, 5.41) is 119. The van der Waals surface area contributed by atoms with Gasteiger partial charge in [0.1, 0.15) is 23.4 Å². The third-order valence-electron chi connectivity index (χ3n) is 21.7. The number of aliphatic hydroxyl groups is 4. The Hall–Kier alpha value is -10.6. The van der Waals surface area contributed by atoms with E-state index in [4.69, 9.17) is 9.47 Å². The van der Waals surface area contributed by atoms with Crippen molar-refractivity contribution in [1.29, 1.82) is 0 Å². The first-order valence-electron chi connectivity index (χ1n) is 40.4. The van der Waals surface area contributed by atoms with Crippen molar-refractivity contribution in [2.24, 2.45) is 27.6 Å². The number of phenols is 8. The quantitative estimate of drug-likeness (QED) is 0.0182. The van der Waals surface area contributed by atoms with Gasteiger partial charge in [0.05, 0.1) is 30.0 Å². The van der Waals surface area contributed by atoms with Crippen LogP contribution < -0.4 is 4.74 Å². The topological polar surface area (TPSA) is 278 Å². The number of esters is 1. The van der Waals surface area contributed by atoms with E-state index in [1.54, 1.807) is 0 Å². The molecule has 0 unspecified atom stereocenters. The predicted molar refractivity (Wildman–Crippen MR) is 477 cm³/mol. The molecule has 1 heterocycles. The van der Waals surface area contributed by atoms with Crippen molar-refractivity contribution in [3.63, 3.8) is 0 Å². The molecule has 0 bridgehead atoms. The van der Waals surface area contributed by atoms with Crippen LogP contribution in [0.5, 0.6) is 51.7 Å². The standard InChI is InChI=1S/2C40H56O2.C22H18O11/c2*1-29(17-13-19-31(3)21-23-37-33(5)25-35(41)27-39(37,7)8)15-11-12-16-30(2)18-14-20-32(4)22-24-38-34(6)26-36(42)28-40(38,9)10;23-10-5-12(24)11-7-18(33-22(31)9-3-15(27)20(30)16(28)4-9)21(32-17(11)6-10)8-1-13(25)19(29)14(26)2-8/h11-24,35-36,41-42H,25-28H2,1-10H3;11-25,35-37,41-42H,26-28H2,1-10H3;1-6,18,21,23-30H,7H2/b2*12-11+,17-13+,18-14+,23-21+,24-22+,29-15+,30-16+,31-19+,32-20+;/t35-,36-;35-,36+,37-;18-,21-/m101/s1. The number of phenolic OH excluding ortho intramolecular Hbond substituents is 8. The van der Waals surface area contributed by atoms with Crippen LogP contribution in [0.25, 0.3) is 0 Å². The zero-order valence-corrected chi connectivity index (χ0v) is 72.5. The van der Waals surface area contributed by atoms with Gasteiger partial charge in [-0.3, -0.25) is 0 Å². The molecule has 0 radical (unpaired) electrons. The van der Waals surface area contributed by atoms with Crippen LogP contribution in [0, 0.1) is 27.6 Å². The maximum atomic E-state index is 12.7. The zero-order chi connectivity index (χ0) is 87.0. The van der Waals surface area contributed by atoms with Crippen LogP contribution in [0.1, 0.15) is 211 Å². The van der Waals surface area contributed by atoms with Crippen molar-refractivity contribution >= 4 is 5.97 Å². The van der Waals surface area contributed by atoms with Crippen LogP contribution >= 0.6 is 0 Å². The first-order valence-corrected chi connectivity index (χ1v) is 40.4. The smallest absolute Gasteiger partial charge is 0.338 e. The highest BCUT2D eigenvalue weighted by atomic mass is 16.6. The van der Waals surface area contributed by atoms with E-state index < -0.39 is 52.7 Å². The molecule has 117 heavy (non-hydrogen) atoms. The Morgan fingerprint density at radius 1 is 0.410 bits per heavy atom. The van der Waals surface area contributed by atoms with Gasteiger partial charge in [0.2, 0.25) is 0 Å². The monoisotopic (exact) mass is 1590 g/mol. The molecule has 0 fully saturated rings. The molecular formula is C102H130O15. The summed E-state index contributed by atoms with van der Waals surface area (Å²) < 4.78 is 11.3. The van der Waals surface area contributed by atoms with Gasteiger partial charge in [-0.25, -0.2) is 4.79 Å². The molecular weight excluding hydrogens is 1470 g/mol. The number of aliphatic hydroxyl groups excluding tert-OH is 4. The fraction of sp³-hybridized carbons (Fsp3) is 0.382. The molecule has 5 aliphatic rings. The lowest BCUT2D eigenvalue weighted by atomic mass is 9.67.